The molecule has 18 heavy (non-hydrogen) atoms. The molecule has 0 saturated carbocycles. The summed E-state index contributed by atoms with van der Waals surface area (Å²) in [4.78, 5) is 16.9. The van der Waals surface area contributed by atoms with Crippen molar-refractivity contribution in [1.82, 2.24) is 15.0 Å². The molecule has 0 aliphatic carbocycles. The Morgan fingerprint density at radius 1 is 1.44 bits per heavy atom. The second kappa shape index (κ2) is 5.95. The maximum Gasteiger partial charge on any atom is 0.317 e. The van der Waals surface area contributed by atoms with E-state index in [1.807, 2.05) is 27.7 Å². The Morgan fingerprint density at radius 2 is 2.11 bits per heavy atom. The van der Waals surface area contributed by atoms with Gasteiger partial charge in [0.1, 0.15) is 0 Å². The van der Waals surface area contributed by atoms with E-state index in [1.54, 1.807) is 4.90 Å². The highest BCUT2D eigenvalue weighted by atomic mass is 16.5. The largest absolute Gasteiger partial charge is 0.480 e. The third-order valence-corrected chi connectivity index (χ3v) is 2.58. The average molecular weight is 255 g/mol. The van der Waals surface area contributed by atoms with Crippen LogP contribution < -0.4 is 0 Å². The van der Waals surface area contributed by atoms with Crippen LogP contribution in [0.1, 0.15) is 45.8 Å². The molecule has 0 radical (unpaired) electrons. The van der Waals surface area contributed by atoms with Crippen LogP contribution in [0.25, 0.3) is 0 Å². The molecular weight excluding hydrogens is 234 g/mol. The van der Waals surface area contributed by atoms with Crippen molar-refractivity contribution < 1.29 is 14.4 Å². The molecule has 0 amide bonds. The van der Waals surface area contributed by atoms with Gasteiger partial charge in [-0.25, -0.2) is 0 Å². The van der Waals surface area contributed by atoms with Crippen LogP contribution in [0.2, 0.25) is 0 Å². The van der Waals surface area contributed by atoms with Gasteiger partial charge in [-0.3, -0.25) is 9.69 Å². The summed E-state index contributed by atoms with van der Waals surface area (Å²) in [6.07, 6.45) is 1.70. The molecule has 0 spiro atoms. The molecule has 1 aromatic rings. The van der Waals surface area contributed by atoms with Gasteiger partial charge in [-0.2, -0.15) is 4.98 Å². The van der Waals surface area contributed by atoms with E-state index in [0.29, 0.717) is 18.3 Å². The molecule has 102 valence electrons. The Labute approximate surface area is 107 Å². The van der Waals surface area contributed by atoms with Crippen molar-refractivity contribution in [2.75, 3.05) is 6.54 Å². The van der Waals surface area contributed by atoms with Crippen molar-refractivity contribution in [3.8, 4) is 0 Å². The van der Waals surface area contributed by atoms with E-state index >= 15 is 0 Å². The van der Waals surface area contributed by atoms with Gasteiger partial charge in [0, 0.05) is 12.0 Å². The molecule has 1 rings (SSSR count). The normalized spacial score (nSPS) is 12.1. The standard InChI is InChI=1S/C12H21N3O3/c1-5-6-10-13-9(14-18-10)7-15(8-11(16)17)12(2,3)4/h5-8H2,1-4H3,(H,16,17). The number of nitrogens with zero attached hydrogens (tertiary/aromatic N) is 3. The molecule has 1 heterocycles. The van der Waals surface area contributed by atoms with Crippen LogP contribution in [-0.2, 0) is 17.8 Å². The predicted octanol–water partition coefficient (Wildman–Crippen LogP) is 1.71. The second-order valence-electron chi connectivity index (χ2n) is 5.27. The number of carboxylic acid groups (broad SMARTS) is 1. The predicted molar refractivity (Wildman–Crippen MR) is 66.1 cm³/mol. The maximum atomic E-state index is 10.8. The van der Waals surface area contributed by atoms with E-state index in [0.717, 1.165) is 12.8 Å². The summed E-state index contributed by atoms with van der Waals surface area (Å²) in [5.41, 5.74) is -0.260. The Hall–Kier alpha value is -1.43. The van der Waals surface area contributed by atoms with Gasteiger partial charge in [0.15, 0.2) is 5.82 Å². The summed E-state index contributed by atoms with van der Waals surface area (Å²) < 4.78 is 5.09. The molecule has 0 bridgehead atoms. The summed E-state index contributed by atoms with van der Waals surface area (Å²) >= 11 is 0. The zero-order chi connectivity index (χ0) is 13.8. The molecule has 1 N–H and O–H groups in total. The number of aromatic nitrogens is 2. The zero-order valence-electron chi connectivity index (χ0n) is 11.4. The SMILES string of the molecule is CCCc1nc(CN(CC(=O)O)C(C)(C)C)no1. The highest BCUT2D eigenvalue weighted by Crippen LogP contribution is 2.15. The number of carbonyl (C=O) groups is 1. The Kier molecular flexibility index (Phi) is 4.84. The summed E-state index contributed by atoms with van der Waals surface area (Å²) in [7, 11) is 0. The van der Waals surface area contributed by atoms with Gasteiger partial charge in [-0.05, 0) is 27.2 Å². The summed E-state index contributed by atoms with van der Waals surface area (Å²) in [6, 6.07) is 0. The number of aryl methyl sites for hydroxylation is 1. The van der Waals surface area contributed by atoms with Crippen molar-refractivity contribution >= 4 is 5.97 Å². The molecule has 0 atom stereocenters. The van der Waals surface area contributed by atoms with E-state index in [1.165, 1.54) is 0 Å². The minimum atomic E-state index is -0.859. The van der Waals surface area contributed by atoms with Crippen molar-refractivity contribution in [3.63, 3.8) is 0 Å². The first-order chi connectivity index (χ1) is 8.32. The van der Waals surface area contributed by atoms with Gasteiger partial charge < -0.3 is 9.63 Å². The van der Waals surface area contributed by atoms with Crippen LogP contribution in [0, 0.1) is 0 Å². The van der Waals surface area contributed by atoms with Gasteiger partial charge in [0.05, 0.1) is 13.1 Å². The number of carboxylic acids is 1. The third kappa shape index (κ3) is 4.44. The minimum absolute atomic E-state index is 0.0405. The summed E-state index contributed by atoms with van der Waals surface area (Å²) in [6.45, 7) is 8.26. The van der Waals surface area contributed by atoms with E-state index in [-0.39, 0.29) is 12.1 Å². The molecule has 6 heteroatoms. The zero-order valence-corrected chi connectivity index (χ0v) is 11.4. The van der Waals surface area contributed by atoms with Gasteiger partial charge in [0.2, 0.25) is 5.89 Å². The van der Waals surface area contributed by atoms with E-state index < -0.39 is 5.97 Å². The van der Waals surface area contributed by atoms with Crippen LogP contribution in [0.15, 0.2) is 4.52 Å². The van der Waals surface area contributed by atoms with Crippen LogP contribution in [0.3, 0.4) is 0 Å². The summed E-state index contributed by atoms with van der Waals surface area (Å²) in [5, 5.41) is 12.8. The molecular formula is C12H21N3O3. The number of hydrogen-bond donors (Lipinski definition) is 1. The molecule has 6 nitrogen and oxygen atoms in total. The lowest BCUT2D eigenvalue weighted by Crippen LogP contribution is -2.44. The Morgan fingerprint density at radius 3 is 2.61 bits per heavy atom. The molecule has 1 aromatic heterocycles. The summed E-state index contributed by atoms with van der Waals surface area (Å²) in [5.74, 6) is 0.286. The lowest BCUT2D eigenvalue weighted by Gasteiger charge is -2.33. The number of hydrogen-bond acceptors (Lipinski definition) is 5. The van der Waals surface area contributed by atoms with Gasteiger partial charge in [-0.1, -0.05) is 12.1 Å². The molecule has 0 aliphatic rings. The molecule has 0 saturated heterocycles. The van der Waals surface area contributed by atoms with Crippen LogP contribution in [-0.4, -0.2) is 38.2 Å². The number of aliphatic carboxylic acids is 1. The smallest absolute Gasteiger partial charge is 0.317 e. The average Bonchev–Trinajstić information content (AvgIpc) is 2.63. The van der Waals surface area contributed by atoms with Crippen molar-refractivity contribution in [2.24, 2.45) is 0 Å². The lowest BCUT2D eigenvalue weighted by atomic mass is 10.1. The quantitative estimate of drug-likeness (QED) is 0.833. The Bertz CT molecular complexity index is 396. The highest BCUT2D eigenvalue weighted by molar-refractivity contribution is 5.69. The monoisotopic (exact) mass is 255 g/mol. The molecule has 0 aliphatic heterocycles. The van der Waals surface area contributed by atoms with Crippen molar-refractivity contribution in [1.29, 1.82) is 0 Å². The van der Waals surface area contributed by atoms with E-state index in [9.17, 15) is 4.79 Å². The fourth-order valence-electron chi connectivity index (χ4n) is 1.53. The van der Waals surface area contributed by atoms with Gasteiger partial charge >= 0.3 is 5.97 Å². The van der Waals surface area contributed by atoms with Gasteiger partial charge in [0.25, 0.3) is 0 Å². The Balaban J connectivity index is 2.72. The third-order valence-electron chi connectivity index (χ3n) is 2.58. The molecule has 0 fully saturated rings. The molecule has 0 aromatic carbocycles. The first kappa shape index (κ1) is 14.6. The van der Waals surface area contributed by atoms with E-state index in [2.05, 4.69) is 10.1 Å². The highest BCUT2D eigenvalue weighted by Gasteiger charge is 2.25. The van der Waals surface area contributed by atoms with E-state index in [4.69, 9.17) is 9.63 Å². The molecule has 0 unspecified atom stereocenters. The maximum absolute atomic E-state index is 10.8. The van der Waals surface area contributed by atoms with Crippen molar-refractivity contribution in [3.05, 3.63) is 11.7 Å². The van der Waals surface area contributed by atoms with Crippen LogP contribution in [0.5, 0.6) is 0 Å². The first-order valence-corrected chi connectivity index (χ1v) is 6.11. The lowest BCUT2D eigenvalue weighted by molar-refractivity contribution is -0.140. The number of rotatable bonds is 6. The second-order valence-corrected chi connectivity index (χ2v) is 5.27. The van der Waals surface area contributed by atoms with Crippen LogP contribution >= 0.6 is 0 Å². The first-order valence-electron chi connectivity index (χ1n) is 6.11. The van der Waals surface area contributed by atoms with Gasteiger partial charge in [-0.15, -0.1) is 0 Å². The van der Waals surface area contributed by atoms with Crippen LogP contribution in [0.4, 0.5) is 0 Å². The van der Waals surface area contributed by atoms with Crippen molar-refractivity contribution in [2.45, 2.75) is 52.6 Å². The minimum Gasteiger partial charge on any atom is -0.480 e. The fraction of sp³-hybridized carbons (Fsp3) is 0.750. The topological polar surface area (TPSA) is 79.5 Å². The fourth-order valence-corrected chi connectivity index (χ4v) is 1.53.